The average Bonchev–Trinajstić information content (AvgIpc) is 2.76. The van der Waals surface area contributed by atoms with E-state index >= 15 is 0 Å². The molecule has 1 aromatic heterocycles. The number of anilines is 1. The van der Waals surface area contributed by atoms with Crippen LogP contribution in [0.25, 0.3) is 0 Å². The van der Waals surface area contributed by atoms with Gasteiger partial charge in [0, 0.05) is 12.1 Å². The molecule has 24 heavy (non-hydrogen) atoms. The predicted molar refractivity (Wildman–Crippen MR) is 91.0 cm³/mol. The highest BCUT2D eigenvalue weighted by molar-refractivity contribution is 7.92. The van der Waals surface area contributed by atoms with Crippen LogP contribution in [0.1, 0.15) is 31.3 Å². The van der Waals surface area contributed by atoms with Gasteiger partial charge in [0.15, 0.2) is 0 Å². The number of hydrogen-bond donors (Lipinski definition) is 1. The Balaban J connectivity index is 2.47. The number of nitro benzene ring substituents is 1. The van der Waals surface area contributed by atoms with Gasteiger partial charge in [0.25, 0.3) is 15.7 Å². The molecule has 10 heteroatoms. The minimum atomic E-state index is -3.94. The fourth-order valence-corrected chi connectivity index (χ4v) is 4.10. The van der Waals surface area contributed by atoms with E-state index in [0.29, 0.717) is 11.4 Å². The molecule has 0 bridgehead atoms. The number of nitrogens with zero attached hydrogens (tertiary/aromatic N) is 3. The number of halogens is 1. The van der Waals surface area contributed by atoms with Gasteiger partial charge >= 0.3 is 0 Å². The average molecular weight is 373 g/mol. The van der Waals surface area contributed by atoms with Crippen LogP contribution in [0.15, 0.2) is 23.1 Å². The van der Waals surface area contributed by atoms with Crippen LogP contribution in [-0.2, 0) is 10.0 Å². The molecular formula is C14H17ClN4O4S. The number of rotatable bonds is 5. The molecule has 0 aliphatic carbocycles. The zero-order valence-electron chi connectivity index (χ0n) is 13.6. The van der Waals surface area contributed by atoms with Crippen molar-refractivity contribution in [2.75, 3.05) is 4.72 Å². The van der Waals surface area contributed by atoms with E-state index in [0.717, 1.165) is 6.07 Å². The lowest BCUT2D eigenvalue weighted by Crippen LogP contribution is -2.15. The summed E-state index contributed by atoms with van der Waals surface area (Å²) in [6, 6.07) is 3.72. The summed E-state index contributed by atoms with van der Waals surface area (Å²) in [5.41, 5.74) is 0.543. The SMILES string of the molecule is Cc1nn(C(C)C)c(C)c1S(=O)(=O)Nc1ccc(Cl)c([N+](=O)[O-])c1. The van der Waals surface area contributed by atoms with Gasteiger partial charge in [-0.1, -0.05) is 11.6 Å². The highest BCUT2D eigenvalue weighted by atomic mass is 35.5. The lowest BCUT2D eigenvalue weighted by molar-refractivity contribution is -0.384. The number of aromatic nitrogens is 2. The maximum Gasteiger partial charge on any atom is 0.289 e. The Morgan fingerprint density at radius 3 is 2.46 bits per heavy atom. The minimum absolute atomic E-state index is 0.00395. The molecule has 130 valence electrons. The van der Waals surface area contributed by atoms with Crippen molar-refractivity contribution in [3.63, 3.8) is 0 Å². The smallest absolute Gasteiger partial charge is 0.279 e. The summed E-state index contributed by atoms with van der Waals surface area (Å²) in [4.78, 5) is 10.3. The van der Waals surface area contributed by atoms with Gasteiger partial charge in [-0.05, 0) is 39.8 Å². The molecule has 2 aromatic rings. The van der Waals surface area contributed by atoms with Crippen molar-refractivity contribution in [2.45, 2.75) is 38.6 Å². The second kappa shape index (κ2) is 6.40. The lowest BCUT2D eigenvalue weighted by Gasteiger charge is -2.10. The van der Waals surface area contributed by atoms with E-state index < -0.39 is 14.9 Å². The fraction of sp³-hybridized carbons (Fsp3) is 0.357. The molecule has 0 saturated carbocycles. The van der Waals surface area contributed by atoms with Crippen molar-refractivity contribution in [1.29, 1.82) is 0 Å². The summed E-state index contributed by atoms with van der Waals surface area (Å²) in [6.07, 6.45) is 0. The molecule has 0 atom stereocenters. The second-order valence-corrected chi connectivity index (χ2v) is 7.59. The third-order valence-corrected chi connectivity index (χ3v) is 5.36. The number of nitrogens with one attached hydrogen (secondary N) is 1. The third kappa shape index (κ3) is 3.36. The van der Waals surface area contributed by atoms with Gasteiger partial charge < -0.3 is 0 Å². The Hall–Kier alpha value is -2.13. The van der Waals surface area contributed by atoms with Crippen molar-refractivity contribution in [3.8, 4) is 0 Å². The van der Waals surface area contributed by atoms with Crippen LogP contribution in [0.4, 0.5) is 11.4 Å². The van der Waals surface area contributed by atoms with Crippen LogP contribution in [0.5, 0.6) is 0 Å². The van der Waals surface area contributed by atoms with Gasteiger partial charge in [0.05, 0.1) is 22.0 Å². The number of nitro groups is 1. The van der Waals surface area contributed by atoms with E-state index in [1.165, 1.54) is 12.1 Å². The Bertz CT molecular complexity index is 906. The molecule has 0 aliphatic rings. The number of hydrogen-bond acceptors (Lipinski definition) is 5. The zero-order valence-corrected chi connectivity index (χ0v) is 15.1. The highest BCUT2D eigenvalue weighted by Gasteiger charge is 2.26. The van der Waals surface area contributed by atoms with Crippen molar-refractivity contribution < 1.29 is 13.3 Å². The third-order valence-electron chi connectivity index (χ3n) is 3.41. The van der Waals surface area contributed by atoms with Crippen LogP contribution < -0.4 is 4.72 Å². The molecular weight excluding hydrogens is 356 g/mol. The Morgan fingerprint density at radius 1 is 1.33 bits per heavy atom. The molecule has 0 radical (unpaired) electrons. The summed E-state index contributed by atoms with van der Waals surface area (Å²) in [6.45, 7) is 7.06. The highest BCUT2D eigenvalue weighted by Crippen LogP contribution is 2.30. The van der Waals surface area contributed by atoms with Gasteiger partial charge in [0.2, 0.25) is 0 Å². The normalized spacial score (nSPS) is 11.8. The molecule has 0 amide bonds. The van der Waals surface area contributed by atoms with Gasteiger partial charge in [-0.3, -0.25) is 19.5 Å². The van der Waals surface area contributed by atoms with Crippen molar-refractivity contribution >= 4 is 33.0 Å². The molecule has 0 spiro atoms. The topological polar surface area (TPSA) is 107 Å². The van der Waals surface area contributed by atoms with E-state index in [-0.39, 0.29) is 27.3 Å². The lowest BCUT2D eigenvalue weighted by atomic mass is 10.3. The summed E-state index contributed by atoms with van der Waals surface area (Å²) in [5, 5.41) is 15.1. The van der Waals surface area contributed by atoms with Gasteiger partial charge in [-0.15, -0.1) is 0 Å². The van der Waals surface area contributed by atoms with Crippen molar-refractivity contribution in [3.05, 3.63) is 44.7 Å². The standard InChI is InChI=1S/C14H17ClN4O4S/c1-8(2)18-10(4)14(9(3)16-18)24(22,23)17-11-5-6-12(15)13(7-11)19(20)21/h5-8,17H,1-4H3. The summed E-state index contributed by atoms with van der Waals surface area (Å²) < 4.78 is 29.3. The van der Waals surface area contributed by atoms with Crippen LogP contribution in [-0.4, -0.2) is 23.1 Å². The maximum atomic E-state index is 12.7. The first-order chi connectivity index (χ1) is 11.0. The quantitative estimate of drug-likeness (QED) is 0.638. The van der Waals surface area contributed by atoms with Crippen molar-refractivity contribution in [2.24, 2.45) is 0 Å². The Morgan fingerprint density at radius 2 is 1.96 bits per heavy atom. The molecule has 0 saturated heterocycles. The summed E-state index contributed by atoms with van der Waals surface area (Å²) in [7, 11) is -3.94. The summed E-state index contributed by atoms with van der Waals surface area (Å²) in [5.74, 6) is 0. The molecule has 0 unspecified atom stereocenters. The molecule has 8 nitrogen and oxygen atoms in total. The summed E-state index contributed by atoms with van der Waals surface area (Å²) >= 11 is 5.74. The Labute approximate surface area is 144 Å². The second-order valence-electron chi connectivity index (χ2n) is 5.57. The first kappa shape index (κ1) is 18.2. The van der Waals surface area contributed by atoms with Gasteiger partial charge in [-0.2, -0.15) is 5.10 Å². The van der Waals surface area contributed by atoms with E-state index in [9.17, 15) is 18.5 Å². The number of aryl methyl sites for hydroxylation is 1. The minimum Gasteiger partial charge on any atom is -0.279 e. The molecule has 0 fully saturated rings. The van der Waals surface area contributed by atoms with Crippen LogP contribution in [0.3, 0.4) is 0 Å². The maximum absolute atomic E-state index is 12.7. The predicted octanol–water partition coefficient (Wildman–Crippen LogP) is 3.44. The first-order valence-corrected chi connectivity index (χ1v) is 8.93. The van der Waals surface area contributed by atoms with Crippen LogP contribution in [0, 0.1) is 24.0 Å². The van der Waals surface area contributed by atoms with E-state index in [1.807, 2.05) is 13.8 Å². The van der Waals surface area contributed by atoms with Crippen molar-refractivity contribution in [1.82, 2.24) is 9.78 Å². The number of sulfonamides is 1. The molecule has 1 N–H and O–H groups in total. The van der Waals surface area contributed by atoms with Gasteiger partial charge in [-0.25, -0.2) is 8.42 Å². The molecule has 1 heterocycles. The van der Waals surface area contributed by atoms with Crippen LogP contribution >= 0.6 is 11.6 Å². The van der Waals surface area contributed by atoms with E-state index in [2.05, 4.69) is 9.82 Å². The fourth-order valence-electron chi connectivity index (χ4n) is 2.46. The van der Waals surface area contributed by atoms with Crippen LogP contribution in [0.2, 0.25) is 5.02 Å². The zero-order chi connectivity index (χ0) is 18.2. The molecule has 2 rings (SSSR count). The first-order valence-electron chi connectivity index (χ1n) is 7.07. The van der Waals surface area contributed by atoms with Gasteiger partial charge in [0.1, 0.15) is 9.92 Å². The Kier molecular flexibility index (Phi) is 4.86. The molecule has 0 aliphatic heterocycles. The van der Waals surface area contributed by atoms with E-state index in [4.69, 9.17) is 11.6 Å². The van der Waals surface area contributed by atoms with E-state index in [1.54, 1.807) is 18.5 Å². The molecule has 1 aromatic carbocycles. The largest absolute Gasteiger partial charge is 0.289 e. The monoisotopic (exact) mass is 372 g/mol. The number of benzene rings is 1.